The summed E-state index contributed by atoms with van der Waals surface area (Å²) in [4.78, 5) is 13.7. The van der Waals surface area contributed by atoms with E-state index in [1.807, 2.05) is 45.0 Å². The number of carbonyl (C=O) groups is 1. The molecule has 1 fully saturated rings. The zero-order valence-electron chi connectivity index (χ0n) is 14.6. The van der Waals surface area contributed by atoms with Gasteiger partial charge >= 0.3 is 6.09 Å². The summed E-state index contributed by atoms with van der Waals surface area (Å²) in [6.45, 7) is 8.71. The monoisotopic (exact) mass is 320 g/mol. The van der Waals surface area contributed by atoms with E-state index in [0.717, 1.165) is 37.4 Å². The summed E-state index contributed by atoms with van der Waals surface area (Å²) in [5.41, 5.74) is 1.67. The SMILES string of the molecule is CN(Cc1ccccc1NCC1CCOC1)C(=O)OC(C)(C)C. The van der Waals surface area contributed by atoms with E-state index in [-0.39, 0.29) is 6.09 Å². The third-order valence-corrected chi connectivity index (χ3v) is 3.74. The molecular weight excluding hydrogens is 292 g/mol. The first kappa shape index (κ1) is 17.6. The van der Waals surface area contributed by atoms with Gasteiger partial charge in [0.1, 0.15) is 5.60 Å². The first-order chi connectivity index (χ1) is 10.8. The second-order valence-corrected chi connectivity index (χ2v) is 7.10. The number of para-hydroxylation sites is 1. The molecule has 0 aromatic heterocycles. The minimum atomic E-state index is -0.481. The van der Waals surface area contributed by atoms with Crippen LogP contribution in [0.1, 0.15) is 32.8 Å². The fraction of sp³-hybridized carbons (Fsp3) is 0.611. The maximum absolute atomic E-state index is 12.1. The molecule has 0 spiro atoms. The lowest BCUT2D eigenvalue weighted by Gasteiger charge is -2.25. The van der Waals surface area contributed by atoms with Gasteiger partial charge in [0.15, 0.2) is 0 Å². The molecule has 1 heterocycles. The highest BCUT2D eigenvalue weighted by Crippen LogP contribution is 2.20. The van der Waals surface area contributed by atoms with Gasteiger partial charge in [-0.3, -0.25) is 0 Å². The van der Waals surface area contributed by atoms with Crippen molar-refractivity contribution in [3.63, 3.8) is 0 Å². The molecule has 1 aromatic rings. The second kappa shape index (κ2) is 7.68. The van der Waals surface area contributed by atoms with E-state index < -0.39 is 5.60 Å². The Kier molecular flexibility index (Phi) is 5.88. The van der Waals surface area contributed by atoms with Gasteiger partial charge in [0.25, 0.3) is 0 Å². The Morgan fingerprint density at radius 2 is 2.13 bits per heavy atom. The van der Waals surface area contributed by atoms with E-state index in [9.17, 15) is 4.79 Å². The maximum Gasteiger partial charge on any atom is 0.410 e. The van der Waals surface area contributed by atoms with Crippen LogP contribution in [0.5, 0.6) is 0 Å². The molecule has 1 aliphatic rings. The van der Waals surface area contributed by atoms with Crippen LogP contribution < -0.4 is 5.32 Å². The van der Waals surface area contributed by atoms with Gasteiger partial charge in [-0.1, -0.05) is 18.2 Å². The zero-order valence-corrected chi connectivity index (χ0v) is 14.6. The summed E-state index contributed by atoms with van der Waals surface area (Å²) >= 11 is 0. The van der Waals surface area contributed by atoms with E-state index in [0.29, 0.717) is 12.5 Å². The number of hydrogen-bond acceptors (Lipinski definition) is 4. The average Bonchev–Trinajstić information content (AvgIpc) is 2.98. The lowest BCUT2D eigenvalue weighted by molar-refractivity contribution is 0.0285. The summed E-state index contributed by atoms with van der Waals surface area (Å²) in [6.07, 6.45) is 0.795. The van der Waals surface area contributed by atoms with E-state index in [1.54, 1.807) is 11.9 Å². The summed E-state index contributed by atoms with van der Waals surface area (Å²) in [5.74, 6) is 0.562. The fourth-order valence-corrected chi connectivity index (χ4v) is 2.49. The molecule has 0 radical (unpaired) electrons. The van der Waals surface area contributed by atoms with Crippen molar-refractivity contribution >= 4 is 11.8 Å². The summed E-state index contributed by atoms with van der Waals surface area (Å²) in [7, 11) is 1.76. The number of nitrogens with one attached hydrogen (secondary N) is 1. The third kappa shape index (κ3) is 5.75. The van der Waals surface area contributed by atoms with Crippen molar-refractivity contribution in [3.8, 4) is 0 Å². The molecule has 0 aliphatic carbocycles. The molecular formula is C18H28N2O3. The highest BCUT2D eigenvalue weighted by Gasteiger charge is 2.20. The van der Waals surface area contributed by atoms with E-state index in [4.69, 9.17) is 9.47 Å². The average molecular weight is 320 g/mol. The quantitative estimate of drug-likeness (QED) is 0.902. The van der Waals surface area contributed by atoms with Gasteiger partial charge in [-0.25, -0.2) is 4.79 Å². The molecule has 1 atom stereocenters. The number of carbonyl (C=O) groups excluding carboxylic acids is 1. The minimum Gasteiger partial charge on any atom is -0.444 e. The smallest absolute Gasteiger partial charge is 0.410 e. The minimum absolute atomic E-state index is 0.309. The molecule has 1 aliphatic heterocycles. The molecule has 0 bridgehead atoms. The Bertz CT molecular complexity index is 519. The van der Waals surface area contributed by atoms with Gasteiger partial charge in [-0.05, 0) is 38.8 Å². The first-order valence-electron chi connectivity index (χ1n) is 8.19. The van der Waals surface area contributed by atoms with E-state index >= 15 is 0 Å². The van der Waals surface area contributed by atoms with Gasteiger partial charge in [-0.15, -0.1) is 0 Å². The van der Waals surface area contributed by atoms with Crippen molar-refractivity contribution in [1.29, 1.82) is 0 Å². The van der Waals surface area contributed by atoms with Crippen LogP contribution in [0.2, 0.25) is 0 Å². The van der Waals surface area contributed by atoms with Crippen molar-refractivity contribution in [1.82, 2.24) is 4.90 Å². The molecule has 1 unspecified atom stereocenters. The number of hydrogen-bond donors (Lipinski definition) is 1. The zero-order chi connectivity index (χ0) is 16.9. The Hall–Kier alpha value is -1.75. The van der Waals surface area contributed by atoms with Crippen molar-refractivity contribution < 1.29 is 14.3 Å². The van der Waals surface area contributed by atoms with Crippen molar-refractivity contribution in [2.24, 2.45) is 5.92 Å². The lowest BCUT2D eigenvalue weighted by atomic mass is 10.1. The number of anilines is 1. The molecule has 0 saturated carbocycles. The maximum atomic E-state index is 12.1. The molecule has 5 nitrogen and oxygen atoms in total. The van der Waals surface area contributed by atoms with Crippen LogP contribution in [0.3, 0.4) is 0 Å². The normalized spacial score (nSPS) is 17.8. The fourth-order valence-electron chi connectivity index (χ4n) is 2.49. The van der Waals surface area contributed by atoms with Crippen molar-refractivity contribution in [3.05, 3.63) is 29.8 Å². The number of nitrogens with zero attached hydrogens (tertiary/aromatic N) is 1. The standard InChI is InChI=1S/C18H28N2O3/c1-18(2,3)23-17(21)20(4)12-15-7-5-6-8-16(15)19-11-14-9-10-22-13-14/h5-8,14,19H,9-13H2,1-4H3. The topological polar surface area (TPSA) is 50.8 Å². The Balaban J connectivity index is 1.94. The predicted octanol–water partition coefficient (Wildman–Crippen LogP) is 3.50. The molecule has 1 saturated heterocycles. The molecule has 5 heteroatoms. The number of ether oxygens (including phenoxy) is 2. The summed E-state index contributed by atoms with van der Waals surface area (Å²) in [6, 6.07) is 8.08. The Morgan fingerprint density at radius 3 is 2.78 bits per heavy atom. The summed E-state index contributed by atoms with van der Waals surface area (Å²) in [5, 5.41) is 3.49. The molecule has 128 valence electrons. The second-order valence-electron chi connectivity index (χ2n) is 7.10. The van der Waals surface area contributed by atoms with Crippen LogP contribution in [0, 0.1) is 5.92 Å². The van der Waals surface area contributed by atoms with Crippen molar-refractivity contribution in [2.45, 2.75) is 39.3 Å². The van der Waals surface area contributed by atoms with E-state index in [2.05, 4.69) is 5.32 Å². The lowest BCUT2D eigenvalue weighted by Crippen LogP contribution is -2.34. The van der Waals surface area contributed by atoms with Crippen LogP contribution in [-0.4, -0.2) is 43.4 Å². The van der Waals surface area contributed by atoms with Gasteiger partial charge in [-0.2, -0.15) is 0 Å². The van der Waals surface area contributed by atoms with E-state index in [1.165, 1.54) is 0 Å². The molecule has 1 N–H and O–H groups in total. The van der Waals surface area contributed by atoms with Crippen LogP contribution in [0.15, 0.2) is 24.3 Å². The number of rotatable bonds is 5. The summed E-state index contributed by atoms with van der Waals surface area (Å²) < 4.78 is 10.8. The van der Waals surface area contributed by atoms with Gasteiger partial charge in [0, 0.05) is 31.8 Å². The molecule has 2 rings (SSSR count). The highest BCUT2D eigenvalue weighted by molar-refractivity contribution is 5.68. The Labute approximate surface area is 139 Å². The molecule has 23 heavy (non-hydrogen) atoms. The van der Waals surface area contributed by atoms with Crippen LogP contribution in [0.25, 0.3) is 0 Å². The molecule has 1 aromatic carbocycles. The largest absolute Gasteiger partial charge is 0.444 e. The van der Waals surface area contributed by atoms with Gasteiger partial charge in [0.05, 0.1) is 13.2 Å². The Morgan fingerprint density at radius 1 is 1.39 bits per heavy atom. The van der Waals surface area contributed by atoms with Crippen molar-refractivity contribution in [2.75, 3.05) is 32.1 Å². The predicted molar refractivity (Wildman–Crippen MR) is 91.6 cm³/mol. The molecule has 1 amide bonds. The number of amides is 1. The first-order valence-corrected chi connectivity index (χ1v) is 8.19. The van der Waals surface area contributed by atoms with Crippen LogP contribution in [-0.2, 0) is 16.0 Å². The van der Waals surface area contributed by atoms with Crippen LogP contribution >= 0.6 is 0 Å². The van der Waals surface area contributed by atoms with Gasteiger partial charge in [0.2, 0.25) is 0 Å². The number of benzene rings is 1. The van der Waals surface area contributed by atoms with Gasteiger partial charge < -0.3 is 19.7 Å². The van der Waals surface area contributed by atoms with Crippen LogP contribution in [0.4, 0.5) is 10.5 Å². The highest BCUT2D eigenvalue weighted by atomic mass is 16.6. The third-order valence-electron chi connectivity index (χ3n) is 3.74.